The first-order valence-corrected chi connectivity index (χ1v) is 13.5. The molecule has 198 valence electrons. The number of fused-ring (bicyclic) bond motifs is 5. The van der Waals surface area contributed by atoms with E-state index >= 15 is 0 Å². The van der Waals surface area contributed by atoms with E-state index in [9.17, 15) is 9.59 Å². The zero-order valence-corrected chi connectivity index (χ0v) is 22.9. The maximum atomic E-state index is 14.2. The Morgan fingerprint density at radius 2 is 1.87 bits per heavy atom. The van der Waals surface area contributed by atoms with Crippen LogP contribution in [0.1, 0.15) is 72.0 Å². The van der Waals surface area contributed by atoms with Crippen LogP contribution in [0.4, 0.5) is 4.79 Å². The lowest BCUT2D eigenvalue weighted by atomic mass is 9.83. The van der Waals surface area contributed by atoms with Crippen LogP contribution in [-0.2, 0) is 17.2 Å². The Morgan fingerprint density at radius 3 is 2.55 bits per heavy atom. The fourth-order valence-corrected chi connectivity index (χ4v) is 6.40. The molecule has 1 aromatic carbocycles. The van der Waals surface area contributed by atoms with Crippen molar-refractivity contribution >= 4 is 23.5 Å². The molecule has 0 N–H and O–H groups in total. The van der Waals surface area contributed by atoms with Crippen molar-refractivity contribution in [1.82, 2.24) is 24.3 Å². The van der Waals surface area contributed by atoms with Crippen molar-refractivity contribution in [3.8, 4) is 0 Å². The van der Waals surface area contributed by atoms with E-state index in [1.165, 1.54) is 0 Å². The van der Waals surface area contributed by atoms with Crippen LogP contribution in [0.15, 0.2) is 49.1 Å². The molecular weight excluding hydrogens is 502 g/mol. The van der Waals surface area contributed by atoms with Crippen molar-refractivity contribution in [2.45, 2.75) is 50.2 Å². The van der Waals surface area contributed by atoms with Crippen LogP contribution in [0.2, 0.25) is 5.02 Å². The highest BCUT2D eigenvalue weighted by Crippen LogP contribution is 2.66. The quantitative estimate of drug-likeness (QED) is 0.453. The van der Waals surface area contributed by atoms with Gasteiger partial charge in [0.1, 0.15) is 11.3 Å². The van der Waals surface area contributed by atoms with Crippen molar-refractivity contribution in [1.29, 1.82) is 0 Å². The lowest BCUT2D eigenvalue weighted by Gasteiger charge is -2.40. The minimum Gasteiger partial charge on any atom is -0.444 e. The Kier molecular flexibility index (Phi) is 5.88. The van der Waals surface area contributed by atoms with Crippen LogP contribution in [0.25, 0.3) is 0 Å². The monoisotopic (exact) mass is 533 g/mol. The Morgan fingerprint density at radius 1 is 1.11 bits per heavy atom. The molecule has 3 atom stereocenters. The topological polar surface area (TPSA) is 80.6 Å². The predicted molar refractivity (Wildman–Crippen MR) is 143 cm³/mol. The number of piperazine rings is 1. The lowest BCUT2D eigenvalue weighted by molar-refractivity contribution is 0.0117. The zero-order chi connectivity index (χ0) is 26.8. The molecule has 38 heavy (non-hydrogen) atoms. The van der Waals surface area contributed by atoms with Crippen molar-refractivity contribution in [3.05, 3.63) is 82.2 Å². The lowest BCUT2D eigenvalue weighted by Crippen LogP contribution is -2.51. The number of rotatable bonds is 3. The summed E-state index contributed by atoms with van der Waals surface area (Å²) in [7, 11) is 1.85. The molecule has 6 rings (SSSR count). The van der Waals surface area contributed by atoms with E-state index in [1.54, 1.807) is 22.0 Å². The largest absolute Gasteiger partial charge is 0.444 e. The average Bonchev–Trinajstić information content (AvgIpc) is 3.51. The summed E-state index contributed by atoms with van der Waals surface area (Å²) in [4.78, 5) is 40.2. The summed E-state index contributed by atoms with van der Waals surface area (Å²) in [6, 6.07) is 9.85. The number of Topliss-reactive ketones (excluding diaryl/α,β-unsaturated/α-hetero) is 1. The van der Waals surface area contributed by atoms with Crippen LogP contribution in [-0.4, -0.2) is 68.0 Å². The van der Waals surface area contributed by atoms with Crippen LogP contribution in [0.3, 0.4) is 0 Å². The second-order valence-corrected chi connectivity index (χ2v) is 12.0. The normalized spacial score (nSPS) is 24.6. The first kappa shape index (κ1) is 25.1. The van der Waals surface area contributed by atoms with Gasteiger partial charge in [-0.25, -0.2) is 9.78 Å². The van der Waals surface area contributed by atoms with E-state index in [4.69, 9.17) is 21.3 Å². The molecule has 3 aromatic rings. The molecule has 8 nitrogen and oxygen atoms in total. The zero-order valence-electron chi connectivity index (χ0n) is 22.1. The number of benzene rings is 1. The van der Waals surface area contributed by atoms with Crippen molar-refractivity contribution in [3.63, 3.8) is 0 Å². The van der Waals surface area contributed by atoms with Gasteiger partial charge in [-0.05, 0) is 62.1 Å². The number of halogens is 1. The molecule has 0 bridgehead atoms. The van der Waals surface area contributed by atoms with Crippen LogP contribution < -0.4 is 0 Å². The molecule has 0 radical (unpaired) electrons. The van der Waals surface area contributed by atoms with Gasteiger partial charge in [-0.15, -0.1) is 0 Å². The minimum atomic E-state index is -0.709. The number of aromatic nitrogens is 3. The van der Waals surface area contributed by atoms with Gasteiger partial charge in [0.05, 0.1) is 29.7 Å². The van der Waals surface area contributed by atoms with E-state index < -0.39 is 11.0 Å². The summed E-state index contributed by atoms with van der Waals surface area (Å²) in [5.74, 6) is 0.0788. The standard InChI is InChI=1S/C29H32ClN5O3/c1-28(2,3)38-27(37)35-12-10-34(11-13-35)25-20-8-7-18(30)14-21(20)29(26(36)23-16-31-17-33(23)4)15-22(29)19-6-5-9-32-24(19)25/h5-9,14,16-17,22,25H,10-13,15H2,1-4H3/t22-,25+,29-/m1/s1. The predicted octanol–water partition coefficient (Wildman–Crippen LogP) is 4.73. The molecule has 0 unspecified atom stereocenters. The number of aryl methyl sites for hydroxylation is 1. The number of amides is 1. The van der Waals surface area contributed by atoms with Crippen molar-refractivity contribution in [2.24, 2.45) is 7.05 Å². The molecule has 2 fully saturated rings. The van der Waals surface area contributed by atoms with Gasteiger partial charge < -0.3 is 14.2 Å². The number of ketones is 1. The molecule has 2 aromatic heterocycles. The van der Waals surface area contributed by atoms with E-state index in [1.807, 2.05) is 52.2 Å². The maximum Gasteiger partial charge on any atom is 0.410 e. The molecule has 1 saturated carbocycles. The molecule has 3 aliphatic rings. The van der Waals surface area contributed by atoms with Crippen LogP contribution in [0, 0.1) is 0 Å². The highest BCUT2D eigenvalue weighted by Gasteiger charge is 2.65. The molecule has 1 saturated heterocycles. The third-order valence-corrected chi connectivity index (χ3v) is 8.28. The molecule has 3 heterocycles. The van der Waals surface area contributed by atoms with Crippen molar-refractivity contribution in [2.75, 3.05) is 26.2 Å². The minimum absolute atomic E-state index is 0.0128. The third-order valence-electron chi connectivity index (χ3n) is 8.04. The van der Waals surface area contributed by atoms with Gasteiger partial charge in [0.15, 0.2) is 5.78 Å². The SMILES string of the molecule is Cn1cncc1C(=O)[C@@]12C[C@@H]1c1cccnc1[C@@H](N1CCN(C(=O)OC(C)(C)C)CC1)c1ccc(Cl)cc12. The van der Waals surface area contributed by atoms with Gasteiger partial charge in [0, 0.05) is 50.4 Å². The highest BCUT2D eigenvalue weighted by molar-refractivity contribution is 6.30. The summed E-state index contributed by atoms with van der Waals surface area (Å²) in [6.45, 7) is 8.07. The third kappa shape index (κ3) is 4.01. The fraction of sp³-hybridized carbons (Fsp3) is 0.448. The first-order chi connectivity index (χ1) is 18.1. The summed E-state index contributed by atoms with van der Waals surface area (Å²) in [6.07, 6.45) is 5.57. The second kappa shape index (κ2) is 8.92. The van der Waals surface area contributed by atoms with Crippen LogP contribution in [0.5, 0.6) is 0 Å². The molecular formula is C29H32ClN5O3. The summed E-state index contributed by atoms with van der Waals surface area (Å²) >= 11 is 6.57. The fourth-order valence-electron chi connectivity index (χ4n) is 6.23. The Bertz CT molecular complexity index is 1420. The van der Waals surface area contributed by atoms with Gasteiger partial charge in [-0.2, -0.15) is 0 Å². The Labute approximate surface area is 227 Å². The van der Waals surface area contributed by atoms with Crippen molar-refractivity contribution < 1.29 is 14.3 Å². The number of nitrogens with zero attached hydrogens (tertiary/aromatic N) is 5. The number of hydrogen-bond donors (Lipinski definition) is 0. The number of pyridine rings is 1. The maximum absolute atomic E-state index is 14.2. The second-order valence-electron chi connectivity index (χ2n) is 11.6. The average molecular weight is 534 g/mol. The van der Waals surface area contributed by atoms with Gasteiger partial charge in [0.25, 0.3) is 0 Å². The molecule has 1 aliphatic heterocycles. The van der Waals surface area contributed by atoms with E-state index in [0.29, 0.717) is 43.3 Å². The van der Waals surface area contributed by atoms with E-state index in [2.05, 4.69) is 22.0 Å². The molecule has 9 heteroatoms. The van der Waals surface area contributed by atoms with Gasteiger partial charge in [-0.3, -0.25) is 14.7 Å². The van der Waals surface area contributed by atoms with Crippen LogP contribution >= 0.6 is 11.6 Å². The number of hydrogen-bond acceptors (Lipinski definition) is 6. The van der Waals surface area contributed by atoms with E-state index in [0.717, 1.165) is 22.4 Å². The summed E-state index contributed by atoms with van der Waals surface area (Å²) in [5, 5.41) is 0.610. The van der Waals surface area contributed by atoms with Gasteiger partial charge in [-0.1, -0.05) is 23.7 Å². The molecule has 1 amide bonds. The van der Waals surface area contributed by atoms with Gasteiger partial charge in [0.2, 0.25) is 0 Å². The highest BCUT2D eigenvalue weighted by atomic mass is 35.5. The molecule has 0 spiro atoms. The Balaban J connectivity index is 1.41. The number of imidazole rings is 1. The Hall–Kier alpha value is -3.23. The smallest absolute Gasteiger partial charge is 0.410 e. The number of carbonyl (C=O) groups is 2. The first-order valence-electron chi connectivity index (χ1n) is 13.1. The summed E-state index contributed by atoms with van der Waals surface area (Å²) in [5.41, 5.74) is 3.45. The number of ether oxygens (including phenoxy) is 1. The summed E-state index contributed by atoms with van der Waals surface area (Å²) < 4.78 is 7.40. The number of carbonyl (C=O) groups excluding carboxylic acids is 2. The molecule has 2 aliphatic carbocycles. The van der Waals surface area contributed by atoms with E-state index in [-0.39, 0.29) is 23.8 Å². The van der Waals surface area contributed by atoms with Gasteiger partial charge >= 0.3 is 6.09 Å².